The second-order valence-corrected chi connectivity index (χ2v) is 5.03. The number of nitro groups is 1. The Hall–Kier alpha value is -2.88. The summed E-state index contributed by atoms with van der Waals surface area (Å²) in [4.78, 5) is 22.3. The number of nitrogens with one attached hydrogen (secondary N) is 2. The fourth-order valence-electron chi connectivity index (χ4n) is 1.62. The summed E-state index contributed by atoms with van der Waals surface area (Å²) in [6.07, 6.45) is 2.23. The van der Waals surface area contributed by atoms with Crippen molar-refractivity contribution in [3.05, 3.63) is 46.2 Å². The highest BCUT2D eigenvalue weighted by atomic mass is 16.6. The molecule has 7 heteroatoms. The fourth-order valence-corrected chi connectivity index (χ4v) is 1.62. The highest BCUT2D eigenvalue weighted by Crippen LogP contribution is 2.23. The SMILES string of the molecule is CC(C)CCN/C=C(/C#N)C(=O)Nc1ccccc1[N+](=O)[O-]. The van der Waals surface area contributed by atoms with Crippen LogP contribution in [0.4, 0.5) is 11.4 Å². The number of nitriles is 1. The average molecular weight is 302 g/mol. The van der Waals surface area contributed by atoms with Crippen molar-refractivity contribution in [3.63, 3.8) is 0 Å². The lowest BCUT2D eigenvalue weighted by Gasteiger charge is -2.06. The highest BCUT2D eigenvalue weighted by molar-refractivity contribution is 6.07. The number of hydrogen-bond acceptors (Lipinski definition) is 5. The van der Waals surface area contributed by atoms with E-state index in [2.05, 4.69) is 24.5 Å². The second kappa shape index (κ2) is 8.42. The van der Waals surface area contributed by atoms with Crippen molar-refractivity contribution >= 4 is 17.3 Å². The number of para-hydroxylation sites is 2. The van der Waals surface area contributed by atoms with E-state index in [0.717, 1.165) is 6.42 Å². The van der Waals surface area contributed by atoms with E-state index < -0.39 is 10.8 Å². The molecule has 22 heavy (non-hydrogen) atoms. The molecule has 0 atom stereocenters. The minimum atomic E-state index is -0.686. The van der Waals surface area contributed by atoms with Gasteiger partial charge in [0.1, 0.15) is 17.3 Å². The van der Waals surface area contributed by atoms with Crippen LogP contribution < -0.4 is 10.6 Å². The van der Waals surface area contributed by atoms with Crippen LogP contribution in [0.1, 0.15) is 20.3 Å². The Morgan fingerprint density at radius 1 is 1.45 bits per heavy atom. The maximum Gasteiger partial charge on any atom is 0.292 e. The van der Waals surface area contributed by atoms with Crippen LogP contribution in [0.3, 0.4) is 0 Å². The summed E-state index contributed by atoms with van der Waals surface area (Å²) in [7, 11) is 0. The van der Waals surface area contributed by atoms with E-state index in [1.807, 2.05) is 0 Å². The molecule has 7 nitrogen and oxygen atoms in total. The van der Waals surface area contributed by atoms with Crippen LogP contribution in [0, 0.1) is 27.4 Å². The molecule has 0 bridgehead atoms. The standard InChI is InChI=1S/C15H18N4O3/c1-11(2)7-8-17-10-12(9-16)15(20)18-13-5-3-4-6-14(13)19(21)22/h3-6,10-11,17H,7-8H2,1-2H3,(H,18,20)/b12-10-. The van der Waals surface area contributed by atoms with Crippen LogP contribution in [0.15, 0.2) is 36.0 Å². The Bertz CT molecular complexity index is 617. The van der Waals surface area contributed by atoms with Gasteiger partial charge in [0.05, 0.1) is 4.92 Å². The van der Waals surface area contributed by atoms with Gasteiger partial charge in [-0.2, -0.15) is 5.26 Å². The van der Waals surface area contributed by atoms with Gasteiger partial charge in [0.25, 0.3) is 11.6 Å². The number of rotatable bonds is 7. The lowest BCUT2D eigenvalue weighted by Crippen LogP contribution is -2.18. The summed E-state index contributed by atoms with van der Waals surface area (Å²) in [5.41, 5.74) is -0.302. The molecule has 0 heterocycles. The van der Waals surface area contributed by atoms with Crippen molar-refractivity contribution in [2.24, 2.45) is 5.92 Å². The number of nitrogens with zero attached hydrogens (tertiary/aromatic N) is 2. The summed E-state index contributed by atoms with van der Waals surface area (Å²) >= 11 is 0. The average Bonchev–Trinajstić information content (AvgIpc) is 2.47. The molecule has 0 aromatic heterocycles. The molecule has 1 aromatic carbocycles. The zero-order chi connectivity index (χ0) is 16.5. The van der Waals surface area contributed by atoms with Gasteiger partial charge in [-0.15, -0.1) is 0 Å². The van der Waals surface area contributed by atoms with Crippen LogP contribution in [0.25, 0.3) is 0 Å². The third-order valence-corrected chi connectivity index (χ3v) is 2.83. The number of amides is 1. The van der Waals surface area contributed by atoms with Crippen molar-refractivity contribution in [2.45, 2.75) is 20.3 Å². The third kappa shape index (κ3) is 5.25. The third-order valence-electron chi connectivity index (χ3n) is 2.83. The first-order chi connectivity index (χ1) is 10.5. The Morgan fingerprint density at radius 2 is 2.14 bits per heavy atom. The summed E-state index contributed by atoms with van der Waals surface area (Å²) in [6.45, 7) is 4.78. The Kier molecular flexibility index (Phi) is 6.57. The van der Waals surface area contributed by atoms with E-state index in [-0.39, 0.29) is 16.9 Å². The summed E-state index contributed by atoms with van der Waals surface area (Å²) < 4.78 is 0. The minimum Gasteiger partial charge on any atom is -0.390 e. The van der Waals surface area contributed by atoms with Gasteiger partial charge in [-0.3, -0.25) is 14.9 Å². The highest BCUT2D eigenvalue weighted by Gasteiger charge is 2.16. The minimum absolute atomic E-state index is 0.0563. The molecule has 0 saturated carbocycles. The quantitative estimate of drug-likeness (QED) is 0.264. The lowest BCUT2D eigenvalue weighted by atomic mass is 10.1. The molecule has 0 radical (unpaired) electrons. The monoisotopic (exact) mass is 302 g/mol. The van der Waals surface area contributed by atoms with Crippen LogP contribution >= 0.6 is 0 Å². The van der Waals surface area contributed by atoms with Crippen LogP contribution in [0.5, 0.6) is 0 Å². The van der Waals surface area contributed by atoms with Gasteiger partial charge in [0, 0.05) is 18.8 Å². The van der Waals surface area contributed by atoms with Crippen molar-refractivity contribution in [1.82, 2.24) is 5.32 Å². The van der Waals surface area contributed by atoms with Gasteiger partial charge in [-0.25, -0.2) is 0 Å². The van der Waals surface area contributed by atoms with Crippen LogP contribution in [-0.2, 0) is 4.79 Å². The predicted octanol–water partition coefficient (Wildman–Crippen LogP) is 2.58. The van der Waals surface area contributed by atoms with Gasteiger partial charge in [-0.1, -0.05) is 26.0 Å². The van der Waals surface area contributed by atoms with E-state index in [0.29, 0.717) is 12.5 Å². The topological polar surface area (TPSA) is 108 Å². The number of hydrogen-bond donors (Lipinski definition) is 2. The van der Waals surface area contributed by atoms with Gasteiger partial charge < -0.3 is 10.6 Å². The zero-order valence-electron chi connectivity index (χ0n) is 12.5. The van der Waals surface area contributed by atoms with Gasteiger partial charge in [0.2, 0.25) is 0 Å². The Morgan fingerprint density at radius 3 is 2.73 bits per heavy atom. The molecule has 1 rings (SSSR count). The first-order valence-corrected chi connectivity index (χ1v) is 6.84. The smallest absolute Gasteiger partial charge is 0.292 e. The largest absolute Gasteiger partial charge is 0.390 e. The molecular formula is C15H18N4O3. The Balaban J connectivity index is 2.76. The van der Waals surface area contributed by atoms with Crippen molar-refractivity contribution in [3.8, 4) is 6.07 Å². The summed E-state index contributed by atoms with van der Waals surface area (Å²) in [5.74, 6) is -0.180. The molecule has 0 aliphatic rings. The molecule has 1 aromatic rings. The molecule has 0 saturated heterocycles. The van der Waals surface area contributed by atoms with Crippen molar-refractivity contribution in [2.75, 3.05) is 11.9 Å². The van der Waals surface area contributed by atoms with Gasteiger partial charge >= 0.3 is 0 Å². The first-order valence-electron chi connectivity index (χ1n) is 6.84. The molecule has 0 aliphatic heterocycles. The fraction of sp³-hybridized carbons (Fsp3) is 0.333. The normalized spacial score (nSPS) is 10.9. The molecular weight excluding hydrogens is 284 g/mol. The lowest BCUT2D eigenvalue weighted by molar-refractivity contribution is -0.383. The number of anilines is 1. The molecule has 0 spiro atoms. The maximum atomic E-state index is 12.0. The van der Waals surface area contributed by atoms with E-state index >= 15 is 0 Å². The van der Waals surface area contributed by atoms with Crippen LogP contribution in [-0.4, -0.2) is 17.4 Å². The molecule has 0 aliphatic carbocycles. The van der Waals surface area contributed by atoms with Gasteiger partial charge in [0.15, 0.2) is 0 Å². The van der Waals surface area contributed by atoms with E-state index in [1.54, 1.807) is 12.1 Å². The molecule has 0 unspecified atom stereocenters. The van der Waals surface area contributed by atoms with Crippen LogP contribution in [0.2, 0.25) is 0 Å². The molecule has 2 N–H and O–H groups in total. The second-order valence-electron chi connectivity index (χ2n) is 5.03. The summed E-state index contributed by atoms with van der Waals surface area (Å²) in [5, 5.41) is 25.2. The predicted molar refractivity (Wildman–Crippen MR) is 82.9 cm³/mol. The molecule has 116 valence electrons. The number of carbonyl (C=O) groups excluding carboxylic acids is 1. The van der Waals surface area contributed by atoms with E-state index in [4.69, 9.17) is 5.26 Å². The maximum absolute atomic E-state index is 12.0. The number of benzene rings is 1. The van der Waals surface area contributed by atoms with E-state index in [9.17, 15) is 14.9 Å². The van der Waals surface area contributed by atoms with Crippen molar-refractivity contribution in [1.29, 1.82) is 5.26 Å². The summed E-state index contributed by atoms with van der Waals surface area (Å²) in [6, 6.07) is 7.54. The molecule has 1 amide bonds. The van der Waals surface area contributed by atoms with Crippen molar-refractivity contribution < 1.29 is 9.72 Å². The molecule has 0 fully saturated rings. The van der Waals surface area contributed by atoms with Gasteiger partial charge in [-0.05, 0) is 18.4 Å². The zero-order valence-corrected chi connectivity index (χ0v) is 12.5. The number of carbonyl (C=O) groups is 1. The Labute approximate surface area is 128 Å². The first kappa shape index (κ1) is 17.2. The van der Waals surface area contributed by atoms with E-state index in [1.165, 1.54) is 24.4 Å². The number of nitro benzene ring substituents is 1.